The van der Waals surface area contributed by atoms with E-state index in [1.807, 2.05) is 24.4 Å². The van der Waals surface area contributed by atoms with E-state index in [0.29, 0.717) is 0 Å². The smallest absolute Gasteiger partial charge is 0.120 e. The molecule has 0 saturated carbocycles. The molecule has 0 aliphatic rings. The number of fused-ring (bicyclic) bond motifs is 1. The van der Waals surface area contributed by atoms with Crippen LogP contribution in [0.15, 0.2) is 24.4 Å². The van der Waals surface area contributed by atoms with Gasteiger partial charge in [0, 0.05) is 24.2 Å². The van der Waals surface area contributed by atoms with Gasteiger partial charge in [-0.15, -0.1) is 0 Å². The molecule has 0 unspecified atom stereocenters. The summed E-state index contributed by atoms with van der Waals surface area (Å²) in [6.07, 6.45) is 1.88. The average molecular weight is 200 g/mol. The highest BCUT2D eigenvalue weighted by Gasteiger charge is 2.07. The lowest BCUT2D eigenvalue weighted by atomic mass is 10.2. The molecule has 0 radical (unpaired) electrons. The summed E-state index contributed by atoms with van der Waals surface area (Å²) >= 11 is 0. The number of benzene rings is 1. The van der Waals surface area contributed by atoms with Gasteiger partial charge in [0.25, 0.3) is 0 Å². The molecule has 3 nitrogen and oxygen atoms in total. The van der Waals surface area contributed by atoms with Crippen molar-refractivity contribution in [2.24, 2.45) is 0 Å². The summed E-state index contributed by atoms with van der Waals surface area (Å²) in [5.74, 6) is 0.819. The maximum Gasteiger partial charge on any atom is 0.120 e. The zero-order valence-electron chi connectivity index (χ0n) is 8.82. The number of hydrogen-bond acceptors (Lipinski definition) is 2. The molecule has 1 aromatic heterocycles. The Balaban J connectivity index is 2.75. The minimum absolute atomic E-state index is 0.717. The molecule has 2 rings (SSSR count). The monoisotopic (exact) mass is 200 g/mol. The van der Waals surface area contributed by atoms with Crippen LogP contribution in [-0.4, -0.2) is 11.7 Å². The first kappa shape index (κ1) is 9.60. The van der Waals surface area contributed by atoms with Gasteiger partial charge in [-0.05, 0) is 19.1 Å². The van der Waals surface area contributed by atoms with Crippen LogP contribution in [0.2, 0.25) is 0 Å². The van der Waals surface area contributed by atoms with Crippen LogP contribution in [0.5, 0.6) is 5.75 Å². The van der Waals surface area contributed by atoms with E-state index in [1.165, 1.54) is 0 Å². The van der Waals surface area contributed by atoms with E-state index >= 15 is 0 Å². The summed E-state index contributed by atoms with van der Waals surface area (Å²) in [6.45, 7) is 2.91. The number of aryl methyl sites for hydroxylation is 1. The maximum absolute atomic E-state index is 8.98. The number of ether oxygens (including phenoxy) is 1. The minimum atomic E-state index is 0.717. The highest BCUT2D eigenvalue weighted by atomic mass is 16.5. The van der Waals surface area contributed by atoms with Crippen molar-refractivity contribution in [3.63, 3.8) is 0 Å². The largest absolute Gasteiger partial charge is 0.497 e. The van der Waals surface area contributed by atoms with Crippen LogP contribution < -0.4 is 4.74 Å². The average Bonchev–Trinajstić information content (AvgIpc) is 2.65. The standard InChI is InChI=1S/C12H12N2O/c1-3-14-8-9(7-13)11-5-4-10(15-2)6-12(11)14/h4-6,8H,3H2,1-2H3. The van der Waals surface area contributed by atoms with Crippen LogP contribution in [0, 0.1) is 11.3 Å². The molecule has 2 aromatic rings. The van der Waals surface area contributed by atoms with Gasteiger partial charge in [0.15, 0.2) is 0 Å². The van der Waals surface area contributed by atoms with Crippen LogP contribution in [0.3, 0.4) is 0 Å². The van der Waals surface area contributed by atoms with Crippen LogP contribution >= 0.6 is 0 Å². The molecule has 1 heterocycles. The summed E-state index contributed by atoms with van der Waals surface area (Å²) in [5.41, 5.74) is 1.77. The molecule has 76 valence electrons. The fourth-order valence-electron chi connectivity index (χ4n) is 1.75. The van der Waals surface area contributed by atoms with Crippen molar-refractivity contribution in [3.05, 3.63) is 30.0 Å². The first-order chi connectivity index (χ1) is 7.30. The second-order valence-corrected chi connectivity index (χ2v) is 3.32. The third-order valence-corrected chi connectivity index (χ3v) is 2.55. The van der Waals surface area contributed by atoms with Crippen LogP contribution in [0.1, 0.15) is 12.5 Å². The van der Waals surface area contributed by atoms with Gasteiger partial charge in [0.1, 0.15) is 11.8 Å². The summed E-state index contributed by atoms with van der Waals surface area (Å²) in [4.78, 5) is 0. The Morgan fingerprint density at radius 1 is 1.47 bits per heavy atom. The lowest BCUT2D eigenvalue weighted by Crippen LogP contribution is -1.91. The van der Waals surface area contributed by atoms with E-state index in [9.17, 15) is 0 Å². The predicted molar refractivity (Wildman–Crippen MR) is 58.9 cm³/mol. The predicted octanol–water partition coefficient (Wildman–Crippen LogP) is 2.54. The zero-order valence-corrected chi connectivity index (χ0v) is 8.82. The quantitative estimate of drug-likeness (QED) is 0.747. The number of nitriles is 1. The third-order valence-electron chi connectivity index (χ3n) is 2.55. The van der Waals surface area contributed by atoms with Crippen molar-refractivity contribution in [2.45, 2.75) is 13.5 Å². The Kier molecular flexibility index (Phi) is 2.34. The number of rotatable bonds is 2. The molecular formula is C12H12N2O. The fraction of sp³-hybridized carbons (Fsp3) is 0.250. The Bertz CT molecular complexity index is 534. The van der Waals surface area contributed by atoms with Crippen molar-refractivity contribution in [1.29, 1.82) is 5.26 Å². The second-order valence-electron chi connectivity index (χ2n) is 3.32. The summed E-state index contributed by atoms with van der Waals surface area (Å²) in [7, 11) is 1.64. The van der Waals surface area contributed by atoms with E-state index < -0.39 is 0 Å². The third kappa shape index (κ3) is 1.44. The van der Waals surface area contributed by atoms with Gasteiger partial charge in [-0.2, -0.15) is 5.26 Å². The van der Waals surface area contributed by atoms with E-state index in [0.717, 1.165) is 28.8 Å². The summed E-state index contributed by atoms with van der Waals surface area (Å²) < 4.78 is 7.22. The number of aromatic nitrogens is 1. The molecule has 0 aliphatic heterocycles. The topological polar surface area (TPSA) is 38.0 Å². The number of nitrogens with zero attached hydrogens (tertiary/aromatic N) is 2. The highest BCUT2D eigenvalue weighted by Crippen LogP contribution is 2.25. The molecule has 1 aromatic carbocycles. The van der Waals surface area contributed by atoms with Gasteiger partial charge in [-0.3, -0.25) is 0 Å². The summed E-state index contributed by atoms with van der Waals surface area (Å²) in [6, 6.07) is 7.97. The molecule has 0 aliphatic carbocycles. The fourth-order valence-corrected chi connectivity index (χ4v) is 1.75. The minimum Gasteiger partial charge on any atom is -0.497 e. The van der Waals surface area contributed by atoms with Crippen LogP contribution in [0.4, 0.5) is 0 Å². The number of methoxy groups -OCH3 is 1. The molecule has 0 saturated heterocycles. The van der Waals surface area contributed by atoms with Gasteiger partial charge in [-0.1, -0.05) is 0 Å². The molecule has 0 spiro atoms. The Morgan fingerprint density at radius 3 is 2.87 bits per heavy atom. The Hall–Kier alpha value is -1.95. The van der Waals surface area contributed by atoms with Gasteiger partial charge in [0.05, 0.1) is 18.2 Å². The molecule has 0 amide bonds. The molecule has 0 atom stereocenters. The van der Waals surface area contributed by atoms with Crippen LogP contribution in [0.25, 0.3) is 10.9 Å². The van der Waals surface area contributed by atoms with E-state index in [2.05, 4.69) is 17.6 Å². The summed E-state index contributed by atoms with van der Waals surface area (Å²) in [5, 5.41) is 9.96. The highest BCUT2D eigenvalue weighted by molar-refractivity contribution is 5.87. The van der Waals surface area contributed by atoms with Crippen molar-refractivity contribution in [1.82, 2.24) is 4.57 Å². The molecule has 15 heavy (non-hydrogen) atoms. The van der Waals surface area contributed by atoms with E-state index in [4.69, 9.17) is 10.00 Å². The second kappa shape index (κ2) is 3.66. The molecule has 0 fully saturated rings. The number of hydrogen-bond donors (Lipinski definition) is 0. The first-order valence-corrected chi connectivity index (χ1v) is 4.87. The van der Waals surface area contributed by atoms with Crippen LogP contribution in [-0.2, 0) is 6.54 Å². The van der Waals surface area contributed by atoms with Gasteiger partial charge >= 0.3 is 0 Å². The maximum atomic E-state index is 8.98. The molecular weight excluding hydrogens is 188 g/mol. The molecule has 0 N–H and O–H groups in total. The SMILES string of the molecule is CCn1cc(C#N)c2ccc(OC)cc21. The van der Waals surface area contributed by atoms with E-state index in [-0.39, 0.29) is 0 Å². The van der Waals surface area contributed by atoms with Crippen molar-refractivity contribution >= 4 is 10.9 Å². The van der Waals surface area contributed by atoms with E-state index in [1.54, 1.807) is 7.11 Å². The van der Waals surface area contributed by atoms with Gasteiger partial charge in [-0.25, -0.2) is 0 Å². The Labute approximate surface area is 88.5 Å². The van der Waals surface area contributed by atoms with Gasteiger partial charge < -0.3 is 9.30 Å². The van der Waals surface area contributed by atoms with Crippen molar-refractivity contribution in [2.75, 3.05) is 7.11 Å². The normalized spacial score (nSPS) is 10.2. The molecule has 3 heteroatoms. The lowest BCUT2D eigenvalue weighted by Gasteiger charge is -2.02. The van der Waals surface area contributed by atoms with Crippen molar-refractivity contribution in [3.8, 4) is 11.8 Å². The van der Waals surface area contributed by atoms with Crippen molar-refractivity contribution < 1.29 is 4.74 Å². The zero-order chi connectivity index (χ0) is 10.8. The Morgan fingerprint density at radius 2 is 2.27 bits per heavy atom. The molecule has 0 bridgehead atoms. The lowest BCUT2D eigenvalue weighted by molar-refractivity contribution is 0.415. The first-order valence-electron chi connectivity index (χ1n) is 4.87. The van der Waals surface area contributed by atoms with Gasteiger partial charge in [0.2, 0.25) is 0 Å².